The van der Waals surface area contributed by atoms with E-state index in [9.17, 15) is 8.42 Å². The van der Waals surface area contributed by atoms with E-state index in [-0.39, 0.29) is 5.75 Å². The van der Waals surface area contributed by atoms with Gasteiger partial charge in [-0.1, -0.05) is 29.3 Å². The summed E-state index contributed by atoms with van der Waals surface area (Å²) in [5, 5.41) is 0.605. The van der Waals surface area contributed by atoms with Crippen LogP contribution in [0.2, 0.25) is 10.0 Å². The molecule has 0 radical (unpaired) electrons. The van der Waals surface area contributed by atoms with Crippen molar-refractivity contribution in [2.45, 2.75) is 5.75 Å². The zero-order valence-corrected chi connectivity index (χ0v) is 9.38. The average Bonchev–Trinajstić information content (AvgIpc) is 1.95. The topological polar surface area (TPSA) is 34.1 Å². The Labute approximate surface area is 90.8 Å². The lowest BCUT2D eigenvalue weighted by atomic mass is 10.2. The van der Waals surface area contributed by atoms with Gasteiger partial charge in [-0.3, -0.25) is 0 Å². The van der Waals surface area contributed by atoms with Gasteiger partial charge in [-0.2, -0.15) is 0 Å². The van der Waals surface area contributed by atoms with Gasteiger partial charge < -0.3 is 0 Å². The number of rotatable bonds is 2. The molecule has 0 N–H and O–H groups in total. The van der Waals surface area contributed by atoms with Crippen molar-refractivity contribution in [1.29, 1.82) is 0 Å². The van der Waals surface area contributed by atoms with E-state index in [0.717, 1.165) is 0 Å². The predicted octanol–water partition coefficient (Wildman–Crippen LogP) is 3.06. The number of hydrogen-bond acceptors (Lipinski definition) is 2. The summed E-state index contributed by atoms with van der Waals surface area (Å²) in [4.78, 5) is 0. The Morgan fingerprint density at radius 2 is 1.62 bits per heavy atom. The van der Waals surface area contributed by atoms with E-state index >= 15 is 0 Å². The monoisotopic (exact) mass is 258 g/mol. The van der Waals surface area contributed by atoms with Crippen molar-refractivity contribution in [2.75, 3.05) is 0 Å². The van der Waals surface area contributed by atoms with Crippen LogP contribution in [0.1, 0.15) is 5.56 Å². The van der Waals surface area contributed by atoms with Gasteiger partial charge in [-0.05, 0) is 12.1 Å². The Hall–Kier alpha value is 0.0400. The molecule has 1 aromatic rings. The highest BCUT2D eigenvalue weighted by molar-refractivity contribution is 8.13. The van der Waals surface area contributed by atoms with E-state index in [2.05, 4.69) is 0 Å². The molecule has 0 aliphatic heterocycles. The minimum atomic E-state index is -3.62. The van der Waals surface area contributed by atoms with Gasteiger partial charge in [0.15, 0.2) is 0 Å². The Kier molecular flexibility index (Phi) is 3.46. The first-order valence-corrected chi connectivity index (χ1v) is 6.49. The molecule has 0 saturated heterocycles. The van der Waals surface area contributed by atoms with Crippen LogP contribution in [0.15, 0.2) is 18.2 Å². The molecule has 0 amide bonds. The molecular formula is C7H5Cl3O2S. The van der Waals surface area contributed by atoms with Gasteiger partial charge in [0, 0.05) is 26.3 Å². The van der Waals surface area contributed by atoms with Gasteiger partial charge in [0.1, 0.15) is 0 Å². The second-order valence-electron chi connectivity index (χ2n) is 2.38. The molecule has 0 spiro atoms. The van der Waals surface area contributed by atoms with Crippen LogP contribution in [0.5, 0.6) is 0 Å². The quantitative estimate of drug-likeness (QED) is 0.765. The Morgan fingerprint density at radius 3 is 2.00 bits per heavy atom. The van der Waals surface area contributed by atoms with Crippen LogP contribution in [0.3, 0.4) is 0 Å². The SMILES string of the molecule is O=S(=O)(Cl)Cc1c(Cl)cccc1Cl. The van der Waals surface area contributed by atoms with Crippen molar-refractivity contribution in [3.05, 3.63) is 33.8 Å². The van der Waals surface area contributed by atoms with Crippen LogP contribution in [0, 0.1) is 0 Å². The number of benzene rings is 1. The van der Waals surface area contributed by atoms with E-state index in [0.29, 0.717) is 15.6 Å². The second-order valence-corrected chi connectivity index (χ2v) is 5.97. The molecule has 6 heteroatoms. The van der Waals surface area contributed by atoms with Crippen LogP contribution >= 0.6 is 33.9 Å². The molecule has 0 fully saturated rings. The summed E-state index contributed by atoms with van der Waals surface area (Å²) in [5.41, 5.74) is 0.334. The maximum absolute atomic E-state index is 10.8. The average molecular weight is 260 g/mol. The van der Waals surface area contributed by atoms with Crippen LogP contribution in [-0.2, 0) is 14.8 Å². The fourth-order valence-electron chi connectivity index (χ4n) is 0.843. The van der Waals surface area contributed by atoms with Gasteiger partial charge in [0.25, 0.3) is 0 Å². The smallest absolute Gasteiger partial charge is 0.212 e. The maximum atomic E-state index is 10.8. The normalized spacial score (nSPS) is 11.6. The molecular weight excluding hydrogens is 255 g/mol. The lowest BCUT2D eigenvalue weighted by Crippen LogP contribution is -1.96. The summed E-state index contributed by atoms with van der Waals surface area (Å²) in [7, 11) is 1.45. The third-order valence-corrected chi connectivity index (χ3v) is 3.05. The summed E-state index contributed by atoms with van der Waals surface area (Å²) < 4.78 is 21.5. The lowest BCUT2D eigenvalue weighted by Gasteiger charge is -2.03. The van der Waals surface area contributed by atoms with Crippen LogP contribution in [0.25, 0.3) is 0 Å². The van der Waals surface area contributed by atoms with Crippen LogP contribution in [-0.4, -0.2) is 8.42 Å². The summed E-state index contributed by atoms with van der Waals surface area (Å²) >= 11 is 11.5. The van der Waals surface area contributed by atoms with E-state index in [4.69, 9.17) is 33.9 Å². The third-order valence-electron chi connectivity index (χ3n) is 1.38. The Bertz CT molecular complexity index is 393. The molecule has 0 bridgehead atoms. The van der Waals surface area contributed by atoms with Gasteiger partial charge in [-0.15, -0.1) is 0 Å². The largest absolute Gasteiger partial charge is 0.236 e. The lowest BCUT2D eigenvalue weighted by molar-refractivity contribution is 0.609. The molecule has 0 atom stereocenters. The molecule has 0 aromatic heterocycles. The predicted molar refractivity (Wildman–Crippen MR) is 54.9 cm³/mol. The molecule has 1 aromatic carbocycles. The second kappa shape index (κ2) is 4.05. The first-order chi connectivity index (χ1) is 5.90. The first-order valence-electron chi connectivity index (χ1n) is 3.25. The minimum absolute atomic E-state index is 0.303. The van der Waals surface area contributed by atoms with Gasteiger partial charge in [0.2, 0.25) is 9.05 Å². The van der Waals surface area contributed by atoms with Crippen molar-refractivity contribution < 1.29 is 8.42 Å². The zero-order valence-electron chi connectivity index (χ0n) is 6.30. The van der Waals surface area contributed by atoms with Crippen molar-refractivity contribution >= 4 is 42.9 Å². The van der Waals surface area contributed by atoms with Crippen molar-refractivity contribution in [3.8, 4) is 0 Å². The van der Waals surface area contributed by atoms with Gasteiger partial charge >= 0.3 is 0 Å². The molecule has 13 heavy (non-hydrogen) atoms. The van der Waals surface area contributed by atoms with E-state index in [1.165, 1.54) is 0 Å². The Morgan fingerprint density at radius 1 is 1.15 bits per heavy atom. The maximum Gasteiger partial charge on any atom is 0.236 e. The third kappa shape index (κ3) is 3.35. The molecule has 0 saturated carbocycles. The summed E-state index contributed by atoms with van der Waals surface area (Å²) in [5.74, 6) is -0.354. The first kappa shape index (κ1) is 11.1. The fraction of sp³-hybridized carbons (Fsp3) is 0.143. The molecule has 0 aliphatic carbocycles. The number of halogens is 3. The summed E-state index contributed by atoms with van der Waals surface area (Å²) in [6, 6.07) is 4.75. The molecule has 0 aliphatic rings. The fourth-order valence-corrected chi connectivity index (χ4v) is 2.52. The van der Waals surface area contributed by atoms with Crippen molar-refractivity contribution in [2.24, 2.45) is 0 Å². The highest BCUT2D eigenvalue weighted by Crippen LogP contribution is 2.26. The van der Waals surface area contributed by atoms with E-state index < -0.39 is 9.05 Å². The van der Waals surface area contributed by atoms with Gasteiger partial charge in [-0.25, -0.2) is 8.42 Å². The molecule has 0 heterocycles. The molecule has 0 unspecified atom stereocenters. The highest BCUT2D eigenvalue weighted by atomic mass is 35.7. The zero-order chi connectivity index (χ0) is 10.1. The van der Waals surface area contributed by atoms with Crippen LogP contribution in [0.4, 0.5) is 0 Å². The van der Waals surface area contributed by atoms with Crippen molar-refractivity contribution in [1.82, 2.24) is 0 Å². The molecule has 72 valence electrons. The van der Waals surface area contributed by atoms with Crippen molar-refractivity contribution in [3.63, 3.8) is 0 Å². The number of hydrogen-bond donors (Lipinski definition) is 0. The summed E-state index contributed by atoms with van der Waals surface area (Å²) in [6.07, 6.45) is 0. The van der Waals surface area contributed by atoms with Crippen LogP contribution < -0.4 is 0 Å². The van der Waals surface area contributed by atoms with E-state index in [1.54, 1.807) is 18.2 Å². The molecule has 1 rings (SSSR count). The summed E-state index contributed by atoms with van der Waals surface area (Å²) in [6.45, 7) is 0. The minimum Gasteiger partial charge on any atom is -0.212 e. The standard InChI is InChI=1S/C7H5Cl3O2S/c8-6-2-1-3-7(9)5(6)4-13(10,11)12/h1-3H,4H2. The highest BCUT2D eigenvalue weighted by Gasteiger charge is 2.13. The van der Waals surface area contributed by atoms with E-state index in [1.807, 2.05) is 0 Å². The Balaban J connectivity index is 3.15. The molecule has 2 nitrogen and oxygen atoms in total. The van der Waals surface area contributed by atoms with Gasteiger partial charge in [0.05, 0.1) is 5.75 Å².